The average Bonchev–Trinajstić information content (AvgIpc) is 2.74. The van der Waals surface area contributed by atoms with Crippen LogP contribution in [0, 0.1) is 6.92 Å². The van der Waals surface area contributed by atoms with Gasteiger partial charge in [-0.25, -0.2) is 0 Å². The van der Waals surface area contributed by atoms with Crippen molar-refractivity contribution < 1.29 is 9.59 Å². The molecule has 2 aliphatic rings. The van der Waals surface area contributed by atoms with Crippen molar-refractivity contribution in [2.75, 3.05) is 13.6 Å². The second-order valence-electron chi connectivity index (χ2n) is 5.96. The summed E-state index contributed by atoms with van der Waals surface area (Å²) < 4.78 is 0. The minimum Gasteiger partial charge on any atom is -0.344 e. The molecule has 0 spiro atoms. The first kappa shape index (κ1) is 13.9. The van der Waals surface area contributed by atoms with Gasteiger partial charge in [0.25, 0.3) is 11.5 Å². The van der Waals surface area contributed by atoms with E-state index in [1.54, 1.807) is 35.9 Å². The number of pyridine rings is 1. The average molecular weight is 289 g/mol. The van der Waals surface area contributed by atoms with Gasteiger partial charge in [-0.2, -0.15) is 0 Å². The SMILES string of the molecule is Cc1ccc(C(=O)N2[C@@H]3CC[C@H]2CC(=O)N(C)C3)c(=O)[nH]1. The maximum Gasteiger partial charge on any atom is 0.260 e. The summed E-state index contributed by atoms with van der Waals surface area (Å²) in [6.45, 7) is 2.32. The third-order valence-electron chi connectivity index (χ3n) is 4.46. The fourth-order valence-electron chi connectivity index (χ4n) is 3.33. The van der Waals surface area contributed by atoms with Crippen molar-refractivity contribution in [2.24, 2.45) is 0 Å². The molecule has 2 bridgehead atoms. The van der Waals surface area contributed by atoms with Crippen LogP contribution in [0.5, 0.6) is 0 Å². The number of rotatable bonds is 1. The van der Waals surface area contributed by atoms with Crippen LogP contribution in [0.15, 0.2) is 16.9 Å². The van der Waals surface area contributed by atoms with Crippen molar-refractivity contribution in [2.45, 2.75) is 38.3 Å². The summed E-state index contributed by atoms with van der Waals surface area (Å²) in [6, 6.07) is 3.23. The number of nitrogens with one attached hydrogen (secondary N) is 1. The Bertz CT molecular complexity index is 652. The normalized spacial score (nSPS) is 25.1. The maximum absolute atomic E-state index is 12.7. The number of aryl methyl sites for hydroxylation is 1. The second kappa shape index (κ2) is 5.02. The largest absolute Gasteiger partial charge is 0.344 e. The number of H-pyrrole nitrogens is 1. The van der Waals surface area contributed by atoms with Crippen LogP contribution in [0.2, 0.25) is 0 Å². The number of likely N-dealkylation sites (N-methyl/N-ethyl adjacent to an activating group) is 1. The Hall–Kier alpha value is -2.11. The molecule has 0 aliphatic carbocycles. The Kier molecular flexibility index (Phi) is 3.31. The third-order valence-corrected chi connectivity index (χ3v) is 4.46. The molecular weight excluding hydrogens is 270 g/mol. The van der Waals surface area contributed by atoms with E-state index in [4.69, 9.17) is 0 Å². The van der Waals surface area contributed by atoms with Crippen LogP contribution in [-0.4, -0.2) is 52.3 Å². The van der Waals surface area contributed by atoms with E-state index in [1.165, 1.54) is 0 Å². The van der Waals surface area contributed by atoms with Crippen molar-refractivity contribution in [3.8, 4) is 0 Å². The molecule has 21 heavy (non-hydrogen) atoms. The molecule has 0 saturated carbocycles. The number of carbonyl (C=O) groups excluding carboxylic acids is 2. The monoisotopic (exact) mass is 289 g/mol. The highest BCUT2D eigenvalue weighted by atomic mass is 16.2. The summed E-state index contributed by atoms with van der Waals surface area (Å²) in [5, 5.41) is 0. The van der Waals surface area contributed by atoms with Crippen molar-refractivity contribution >= 4 is 11.8 Å². The first-order valence-electron chi connectivity index (χ1n) is 7.24. The molecule has 112 valence electrons. The molecule has 2 aliphatic heterocycles. The summed E-state index contributed by atoms with van der Waals surface area (Å²) in [5.41, 5.74) is 0.531. The van der Waals surface area contributed by atoms with Crippen LogP contribution in [0.1, 0.15) is 35.3 Å². The first-order valence-corrected chi connectivity index (χ1v) is 7.24. The number of aromatic nitrogens is 1. The number of nitrogens with zero attached hydrogens (tertiary/aromatic N) is 2. The van der Waals surface area contributed by atoms with Gasteiger partial charge >= 0.3 is 0 Å². The Morgan fingerprint density at radius 3 is 2.67 bits per heavy atom. The minimum absolute atomic E-state index is 0.0136. The van der Waals surface area contributed by atoms with Crippen LogP contribution in [0.3, 0.4) is 0 Å². The molecule has 3 rings (SSSR count). The van der Waals surface area contributed by atoms with E-state index in [9.17, 15) is 14.4 Å². The summed E-state index contributed by atoms with van der Waals surface area (Å²) in [5.74, 6) is -0.190. The van der Waals surface area contributed by atoms with Crippen LogP contribution in [-0.2, 0) is 4.79 Å². The van der Waals surface area contributed by atoms with E-state index >= 15 is 0 Å². The number of amides is 2. The van der Waals surface area contributed by atoms with E-state index in [0.29, 0.717) is 13.0 Å². The number of hydrogen-bond donors (Lipinski definition) is 1. The summed E-state index contributed by atoms with van der Waals surface area (Å²) in [6.07, 6.45) is 2.07. The van der Waals surface area contributed by atoms with Crippen LogP contribution in [0.4, 0.5) is 0 Å². The Morgan fingerprint density at radius 1 is 1.24 bits per heavy atom. The molecule has 1 aromatic heterocycles. The molecule has 0 radical (unpaired) electrons. The number of hydrogen-bond acceptors (Lipinski definition) is 3. The molecule has 2 amide bonds. The molecular formula is C15H19N3O3. The van der Waals surface area contributed by atoms with Crippen molar-refractivity contribution in [3.05, 3.63) is 33.7 Å². The lowest BCUT2D eigenvalue weighted by molar-refractivity contribution is -0.130. The van der Waals surface area contributed by atoms with Gasteiger partial charge in [0.05, 0.1) is 0 Å². The molecule has 0 aromatic carbocycles. The quantitative estimate of drug-likeness (QED) is 0.819. The molecule has 6 heteroatoms. The van der Waals surface area contributed by atoms with Crippen molar-refractivity contribution in [3.63, 3.8) is 0 Å². The molecule has 1 N–H and O–H groups in total. The highest BCUT2D eigenvalue weighted by Gasteiger charge is 2.42. The molecule has 2 fully saturated rings. The van der Waals surface area contributed by atoms with Gasteiger partial charge < -0.3 is 14.8 Å². The summed E-state index contributed by atoms with van der Waals surface area (Å²) in [4.78, 5) is 42.8. The van der Waals surface area contributed by atoms with Crippen LogP contribution in [0.25, 0.3) is 0 Å². The Balaban J connectivity index is 1.94. The van der Waals surface area contributed by atoms with Gasteiger partial charge in [0.1, 0.15) is 5.56 Å². The molecule has 0 unspecified atom stereocenters. The number of likely N-dealkylation sites (tertiary alicyclic amines) is 1. The molecule has 3 heterocycles. The zero-order chi connectivity index (χ0) is 15.1. The van der Waals surface area contributed by atoms with E-state index in [1.807, 2.05) is 0 Å². The van der Waals surface area contributed by atoms with E-state index in [-0.39, 0.29) is 35.0 Å². The number of carbonyl (C=O) groups is 2. The zero-order valence-corrected chi connectivity index (χ0v) is 12.3. The molecule has 2 saturated heterocycles. The lowest BCUT2D eigenvalue weighted by atomic mass is 10.1. The predicted octanol–water partition coefficient (Wildman–Crippen LogP) is 0.519. The second-order valence-corrected chi connectivity index (χ2v) is 5.96. The van der Waals surface area contributed by atoms with Gasteiger partial charge in [-0.1, -0.05) is 0 Å². The zero-order valence-electron chi connectivity index (χ0n) is 12.3. The lowest BCUT2D eigenvalue weighted by Gasteiger charge is -2.27. The summed E-state index contributed by atoms with van der Waals surface area (Å²) in [7, 11) is 1.77. The molecule has 1 aromatic rings. The summed E-state index contributed by atoms with van der Waals surface area (Å²) >= 11 is 0. The smallest absolute Gasteiger partial charge is 0.260 e. The van der Waals surface area contributed by atoms with Gasteiger partial charge in [0.2, 0.25) is 5.91 Å². The Morgan fingerprint density at radius 2 is 1.95 bits per heavy atom. The Labute approximate surface area is 122 Å². The first-order chi connectivity index (χ1) is 9.97. The van der Waals surface area contributed by atoms with Crippen LogP contribution >= 0.6 is 0 Å². The van der Waals surface area contributed by atoms with E-state index in [0.717, 1.165) is 18.5 Å². The molecule has 6 nitrogen and oxygen atoms in total. The highest BCUT2D eigenvalue weighted by molar-refractivity contribution is 5.95. The van der Waals surface area contributed by atoms with Gasteiger partial charge in [-0.3, -0.25) is 14.4 Å². The topological polar surface area (TPSA) is 73.5 Å². The van der Waals surface area contributed by atoms with Crippen LogP contribution < -0.4 is 5.56 Å². The number of aromatic amines is 1. The van der Waals surface area contributed by atoms with E-state index in [2.05, 4.69) is 4.98 Å². The maximum atomic E-state index is 12.7. The highest BCUT2D eigenvalue weighted by Crippen LogP contribution is 2.31. The van der Waals surface area contributed by atoms with Gasteiger partial charge in [-0.05, 0) is 31.9 Å². The van der Waals surface area contributed by atoms with Gasteiger partial charge in [0, 0.05) is 37.8 Å². The predicted molar refractivity (Wildman–Crippen MR) is 77.0 cm³/mol. The fraction of sp³-hybridized carbons (Fsp3) is 0.533. The lowest BCUT2D eigenvalue weighted by Crippen LogP contribution is -2.44. The van der Waals surface area contributed by atoms with Crippen molar-refractivity contribution in [1.82, 2.24) is 14.8 Å². The standard InChI is InChI=1S/C15H19N3O3/c1-9-3-6-12(14(20)16-9)15(21)18-10-4-5-11(18)8-17(2)13(19)7-10/h3,6,10-11H,4-5,7-8H2,1-2H3,(H,16,20)/t10-,11+/m0/s1. The number of fused-ring (bicyclic) bond motifs is 2. The van der Waals surface area contributed by atoms with Gasteiger partial charge in [0.15, 0.2) is 0 Å². The fourth-order valence-corrected chi connectivity index (χ4v) is 3.33. The minimum atomic E-state index is -0.358. The third kappa shape index (κ3) is 2.34. The molecule has 2 atom stereocenters. The van der Waals surface area contributed by atoms with E-state index < -0.39 is 0 Å². The van der Waals surface area contributed by atoms with Gasteiger partial charge in [-0.15, -0.1) is 0 Å². The van der Waals surface area contributed by atoms with Crippen molar-refractivity contribution in [1.29, 1.82) is 0 Å².